The van der Waals surface area contributed by atoms with Crippen molar-refractivity contribution in [1.29, 1.82) is 0 Å². The van der Waals surface area contributed by atoms with E-state index in [2.05, 4.69) is 37.1 Å². The zero-order chi connectivity index (χ0) is 15.3. The van der Waals surface area contributed by atoms with Gasteiger partial charge in [0.05, 0.1) is 12.6 Å². The quantitative estimate of drug-likeness (QED) is 0.508. The fourth-order valence-corrected chi connectivity index (χ4v) is 2.53. The second-order valence-electron chi connectivity index (χ2n) is 6.80. The third-order valence-electron chi connectivity index (χ3n) is 3.65. The van der Waals surface area contributed by atoms with Crippen LogP contribution in [0.15, 0.2) is 29.3 Å². The van der Waals surface area contributed by atoms with E-state index >= 15 is 0 Å². The predicted molar refractivity (Wildman–Crippen MR) is 87.6 cm³/mol. The Bertz CT molecular complexity index is 491. The molecule has 1 aromatic rings. The molecule has 4 heteroatoms. The molecule has 2 rings (SSSR count). The number of hydrogen-bond acceptors (Lipinski definition) is 2. The third kappa shape index (κ3) is 4.96. The first kappa shape index (κ1) is 15.7. The van der Waals surface area contributed by atoms with E-state index in [1.165, 1.54) is 0 Å². The molecule has 1 atom stereocenters. The van der Waals surface area contributed by atoms with Crippen LogP contribution < -0.4 is 15.8 Å². The Morgan fingerprint density at radius 3 is 2.90 bits per heavy atom. The van der Waals surface area contributed by atoms with Gasteiger partial charge in [-0.15, -0.1) is 0 Å². The lowest BCUT2D eigenvalue weighted by molar-refractivity contribution is 0.262. The van der Waals surface area contributed by atoms with Crippen molar-refractivity contribution in [3.05, 3.63) is 29.8 Å². The minimum atomic E-state index is 0.196. The van der Waals surface area contributed by atoms with Crippen LogP contribution in [0.3, 0.4) is 0 Å². The first-order chi connectivity index (χ1) is 9.96. The molecular weight excluding hydrogens is 262 g/mol. The summed E-state index contributed by atoms with van der Waals surface area (Å²) in [6.07, 6.45) is 3.13. The molecule has 1 heterocycles. The lowest BCUT2D eigenvalue weighted by Crippen LogP contribution is -2.37. The molecular formula is C17H27N3O. The smallest absolute Gasteiger partial charge is 0.189 e. The van der Waals surface area contributed by atoms with Crippen LogP contribution in [0.4, 0.5) is 0 Å². The van der Waals surface area contributed by atoms with Gasteiger partial charge in [0.2, 0.25) is 0 Å². The fourth-order valence-electron chi connectivity index (χ4n) is 2.53. The van der Waals surface area contributed by atoms with Gasteiger partial charge in [-0.2, -0.15) is 0 Å². The van der Waals surface area contributed by atoms with Crippen molar-refractivity contribution >= 4 is 5.96 Å². The monoisotopic (exact) mass is 289 g/mol. The van der Waals surface area contributed by atoms with E-state index < -0.39 is 0 Å². The normalized spacial score (nSPS) is 18.8. The lowest BCUT2D eigenvalue weighted by atomic mass is 9.91. The van der Waals surface area contributed by atoms with Crippen LogP contribution in [-0.2, 0) is 0 Å². The van der Waals surface area contributed by atoms with Crippen LogP contribution in [0.1, 0.15) is 51.6 Å². The molecule has 1 unspecified atom stereocenters. The van der Waals surface area contributed by atoms with E-state index in [0.29, 0.717) is 18.0 Å². The molecule has 0 aliphatic carbocycles. The Morgan fingerprint density at radius 2 is 2.14 bits per heavy atom. The average Bonchev–Trinajstić information content (AvgIpc) is 2.43. The average molecular weight is 289 g/mol. The van der Waals surface area contributed by atoms with Gasteiger partial charge in [0.1, 0.15) is 5.75 Å². The van der Waals surface area contributed by atoms with Crippen molar-refractivity contribution in [3.8, 4) is 5.75 Å². The molecule has 0 radical (unpaired) electrons. The summed E-state index contributed by atoms with van der Waals surface area (Å²) in [5.41, 5.74) is 7.53. The molecule has 0 bridgehead atoms. The number of guanidine groups is 1. The van der Waals surface area contributed by atoms with Gasteiger partial charge in [-0.25, -0.2) is 0 Å². The summed E-state index contributed by atoms with van der Waals surface area (Å²) < 4.78 is 5.65. The van der Waals surface area contributed by atoms with Gasteiger partial charge in [0.25, 0.3) is 0 Å². The molecule has 0 fully saturated rings. The molecule has 3 N–H and O–H groups in total. The molecule has 4 nitrogen and oxygen atoms in total. The van der Waals surface area contributed by atoms with Crippen molar-refractivity contribution < 1.29 is 4.74 Å². The number of ether oxygens (including phenoxy) is 1. The van der Waals surface area contributed by atoms with Crippen molar-refractivity contribution in [1.82, 2.24) is 5.32 Å². The van der Waals surface area contributed by atoms with E-state index in [0.717, 1.165) is 37.1 Å². The highest BCUT2D eigenvalue weighted by atomic mass is 16.5. The number of rotatable bonds is 4. The molecule has 116 valence electrons. The van der Waals surface area contributed by atoms with Crippen LogP contribution >= 0.6 is 0 Å². The SMILES string of the molecule is CC(C)(C)CCCN=C(N)NC1CCOc2ccccc21. The number of benzene rings is 1. The predicted octanol–water partition coefficient (Wildman–Crippen LogP) is 3.24. The topological polar surface area (TPSA) is 59.6 Å². The highest BCUT2D eigenvalue weighted by molar-refractivity contribution is 5.78. The highest BCUT2D eigenvalue weighted by Gasteiger charge is 2.21. The Kier molecular flexibility index (Phi) is 5.10. The van der Waals surface area contributed by atoms with E-state index in [1.807, 2.05) is 18.2 Å². The summed E-state index contributed by atoms with van der Waals surface area (Å²) in [5.74, 6) is 1.48. The first-order valence-electron chi connectivity index (χ1n) is 7.74. The fraction of sp³-hybridized carbons (Fsp3) is 0.588. The van der Waals surface area contributed by atoms with Crippen molar-refractivity contribution in [2.24, 2.45) is 16.1 Å². The summed E-state index contributed by atoms with van der Waals surface area (Å²) in [5, 5.41) is 3.32. The van der Waals surface area contributed by atoms with Gasteiger partial charge in [-0.3, -0.25) is 4.99 Å². The van der Waals surface area contributed by atoms with E-state index in [9.17, 15) is 0 Å². The molecule has 1 aliphatic heterocycles. The van der Waals surface area contributed by atoms with Crippen LogP contribution in [0, 0.1) is 5.41 Å². The van der Waals surface area contributed by atoms with E-state index in [1.54, 1.807) is 0 Å². The number of aliphatic imine (C=N–C) groups is 1. The maximum atomic E-state index is 6.01. The Labute approximate surface area is 127 Å². The molecule has 0 saturated carbocycles. The van der Waals surface area contributed by atoms with E-state index in [-0.39, 0.29) is 6.04 Å². The number of para-hydroxylation sites is 1. The Morgan fingerprint density at radius 1 is 1.38 bits per heavy atom. The third-order valence-corrected chi connectivity index (χ3v) is 3.65. The Balaban J connectivity index is 1.87. The van der Waals surface area contributed by atoms with Gasteiger partial charge in [-0.1, -0.05) is 39.0 Å². The van der Waals surface area contributed by atoms with Crippen molar-refractivity contribution in [2.75, 3.05) is 13.2 Å². The lowest BCUT2D eigenvalue weighted by Gasteiger charge is -2.27. The number of nitrogens with zero attached hydrogens (tertiary/aromatic N) is 1. The summed E-state index contributed by atoms with van der Waals surface area (Å²) >= 11 is 0. The van der Waals surface area contributed by atoms with Crippen LogP contribution in [0.2, 0.25) is 0 Å². The number of nitrogens with two attached hydrogens (primary N) is 1. The summed E-state index contributed by atoms with van der Waals surface area (Å²) in [6.45, 7) is 8.23. The van der Waals surface area contributed by atoms with Gasteiger partial charge < -0.3 is 15.8 Å². The number of hydrogen-bond donors (Lipinski definition) is 2. The molecule has 1 aliphatic rings. The van der Waals surface area contributed by atoms with Crippen LogP contribution in [0.5, 0.6) is 5.75 Å². The Hall–Kier alpha value is -1.71. The summed E-state index contributed by atoms with van der Waals surface area (Å²) in [4.78, 5) is 4.44. The molecule has 21 heavy (non-hydrogen) atoms. The molecule has 0 saturated heterocycles. The van der Waals surface area contributed by atoms with Crippen LogP contribution in [0.25, 0.3) is 0 Å². The second-order valence-corrected chi connectivity index (χ2v) is 6.80. The summed E-state index contributed by atoms with van der Waals surface area (Å²) in [7, 11) is 0. The van der Waals surface area contributed by atoms with Crippen LogP contribution in [-0.4, -0.2) is 19.1 Å². The van der Waals surface area contributed by atoms with Gasteiger partial charge in [-0.05, 0) is 24.3 Å². The molecule has 0 aromatic heterocycles. The highest BCUT2D eigenvalue weighted by Crippen LogP contribution is 2.31. The number of nitrogens with one attached hydrogen (secondary N) is 1. The van der Waals surface area contributed by atoms with Gasteiger partial charge in [0, 0.05) is 18.5 Å². The standard InChI is InChI=1S/C17H27N3O/c1-17(2,3)10-6-11-19-16(18)20-14-9-12-21-15-8-5-4-7-13(14)15/h4-5,7-8,14H,6,9-12H2,1-3H3,(H3,18,19,20). The van der Waals surface area contributed by atoms with Gasteiger partial charge >= 0.3 is 0 Å². The first-order valence-corrected chi connectivity index (χ1v) is 7.74. The van der Waals surface area contributed by atoms with Crippen molar-refractivity contribution in [3.63, 3.8) is 0 Å². The largest absolute Gasteiger partial charge is 0.493 e. The van der Waals surface area contributed by atoms with Crippen molar-refractivity contribution in [2.45, 2.75) is 46.1 Å². The second kappa shape index (κ2) is 6.83. The molecule has 0 amide bonds. The maximum absolute atomic E-state index is 6.01. The molecule has 0 spiro atoms. The zero-order valence-corrected chi connectivity index (χ0v) is 13.4. The molecule has 1 aromatic carbocycles. The number of fused-ring (bicyclic) bond motifs is 1. The minimum absolute atomic E-state index is 0.196. The van der Waals surface area contributed by atoms with E-state index in [4.69, 9.17) is 10.5 Å². The zero-order valence-electron chi connectivity index (χ0n) is 13.4. The maximum Gasteiger partial charge on any atom is 0.189 e. The minimum Gasteiger partial charge on any atom is -0.493 e. The van der Waals surface area contributed by atoms with Gasteiger partial charge in [0.15, 0.2) is 5.96 Å². The summed E-state index contributed by atoms with van der Waals surface area (Å²) in [6, 6.07) is 8.30.